The van der Waals surface area contributed by atoms with E-state index in [2.05, 4.69) is 88.4 Å². The summed E-state index contributed by atoms with van der Waals surface area (Å²) in [4.78, 5) is 0. The van der Waals surface area contributed by atoms with Crippen LogP contribution in [-0.2, 0) is 19.7 Å². The summed E-state index contributed by atoms with van der Waals surface area (Å²) in [6.45, 7) is 9.02. The van der Waals surface area contributed by atoms with E-state index in [4.69, 9.17) is 4.43 Å². The third-order valence-electron chi connectivity index (χ3n) is 7.31. The van der Waals surface area contributed by atoms with E-state index in [1.54, 1.807) is 0 Å². The molecule has 0 heterocycles. The van der Waals surface area contributed by atoms with Crippen molar-refractivity contribution in [2.75, 3.05) is 6.26 Å². The van der Waals surface area contributed by atoms with Gasteiger partial charge in [-0.1, -0.05) is 88.4 Å². The first-order valence-electron chi connectivity index (χ1n) is 10.9. The lowest BCUT2D eigenvalue weighted by Gasteiger charge is -2.56. The van der Waals surface area contributed by atoms with Crippen molar-refractivity contribution in [3.8, 4) is 0 Å². The summed E-state index contributed by atoms with van der Waals surface area (Å²) >= 11 is 0. The predicted octanol–water partition coefficient (Wildman–Crippen LogP) is 4.14. The van der Waals surface area contributed by atoms with Crippen LogP contribution < -0.4 is 0 Å². The van der Waals surface area contributed by atoms with E-state index < -0.39 is 9.84 Å². The number of sulfone groups is 1. The first-order valence-corrected chi connectivity index (χ1v) is 13.6. The van der Waals surface area contributed by atoms with Crippen LogP contribution in [0.4, 0.5) is 0 Å². The minimum atomic E-state index is -3.19. The van der Waals surface area contributed by atoms with Crippen LogP contribution >= 0.6 is 0 Å². The molecule has 1 fully saturated rings. The first-order chi connectivity index (χ1) is 14.0. The third kappa shape index (κ3) is 4.04. The first kappa shape index (κ1) is 23.2. The van der Waals surface area contributed by atoms with Gasteiger partial charge in [-0.05, 0) is 41.2 Å². The van der Waals surface area contributed by atoms with Crippen LogP contribution in [0.3, 0.4) is 0 Å². The molecule has 3 nitrogen and oxygen atoms in total. The lowest BCUT2D eigenvalue weighted by molar-refractivity contribution is 0.0256. The van der Waals surface area contributed by atoms with Gasteiger partial charge in [-0.3, -0.25) is 0 Å². The molecule has 4 unspecified atom stereocenters. The molecule has 30 heavy (non-hydrogen) atoms. The highest BCUT2D eigenvalue weighted by molar-refractivity contribution is 7.91. The second-order valence-corrected chi connectivity index (χ2v) is 12.7. The van der Waals surface area contributed by atoms with Crippen molar-refractivity contribution in [3.63, 3.8) is 0 Å². The lowest BCUT2D eigenvalue weighted by atomic mass is 9.49. The fourth-order valence-corrected chi connectivity index (χ4v) is 7.99. The molecular formula is C25H36O3SSi. The van der Waals surface area contributed by atoms with Gasteiger partial charge in [-0.2, -0.15) is 0 Å². The Morgan fingerprint density at radius 3 is 1.73 bits per heavy atom. The van der Waals surface area contributed by atoms with Gasteiger partial charge < -0.3 is 4.43 Å². The van der Waals surface area contributed by atoms with Crippen LogP contribution in [0.1, 0.15) is 51.7 Å². The molecule has 0 aliphatic heterocycles. The molecule has 1 saturated carbocycles. The van der Waals surface area contributed by atoms with E-state index in [1.807, 2.05) is 0 Å². The number of benzene rings is 2. The van der Waals surface area contributed by atoms with Crippen molar-refractivity contribution in [1.29, 1.82) is 0 Å². The Balaban J connectivity index is 2.34. The fourth-order valence-electron chi connectivity index (χ4n) is 6.07. The summed E-state index contributed by atoms with van der Waals surface area (Å²) in [7, 11) is -2.57. The van der Waals surface area contributed by atoms with E-state index in [-0.39, 0.29) is 34.0 Å². The van der Waals surface area contributed by atoms with Gasteiger partial charge in [0.1, 0.15) is 10.5 Å². The smallest absolute Gasteiger partial charge is 0.150 e. The molecule has 0 aromatic heterocycles. The Morgan fingerprint density at radius 2 is 1.37 bits per heavy atom. The van der Waals surface area contributed by atoms with E-state index in [1.165, 1.54) is 17.4 Å². The molecule has 164 valence electrons. The standard InChI is InChI=1S/C25H36O3SSi/c1-18-22(16-21(28-30)17-23(18)29(5,26)27)25(24(2,3)4,19-12-8-6-9-13-19)20-14-10-7-11-15-20/h6-15,18,21-23H,16-17H2,1-5,30H3. The summed E-state index contributed by atoms with van der Waals surface area (Å²) in [6, 6.07) is 21.3. The van der Waals surface area contributed by atoms with Gasteiger partial charge in [0.05, 0.1) is 5.25 Å². The SMILES string of the molecule is CC1C(C(c2ccccc2)(c2ccccc2)C(C)(C)C)CC(O[SiH3])CC1S(C)(=O)=O. The van der Waals surface area contributed by atoms with Crippen molar-refractivity contribution in [2.45, 2.75) is 57.3 Å². The molecule has 1 aliphatic carbocycles. The number of hydrogen-bond acceptors (Lipinski definition) is 3. The van der Waals surface area contributed by atoms with Gasteiger partial charge >= 0.3 is 0 Å². The molecule has 5 heteroatoms. The predicted molar refractivity (Wildman–Crippen MR) is 128 cm³/mol. The lowest BCUT2D eigenvalue weighted by Crippen LogP contribution is -2.56. The second-order valence-electron chi connectivity index (χ2n) is 9.95. The maximum absolute atomic E-state index is 12.8. The van der Waals surface area contributed by atoms with Crippen molar-refractivity contribution < 1.29 is 12.8 Å². The summed E-state index contributed by atoms with van der Waals surface area (Å²) in [5, 5.41) is -0.385. The van der Waals surface area contributed by atoms with Crippen LogP contribution in [0, 0.1) is 17.3 Å². The molecule has 2 aromatic rings. The van der Waals surface area contributed by atoms with Gasteiger partial charge in [-0.25, -0.2) is 8.42 Å². The molecule has 0 saturated heterocycles. The van der Waals surface area contributed by atoms with Gasteiger partial charge in [-0.15, -0.1) is 0 Å². The van der Waals surface area contributed by atoms with Crippen LogP contribution in [0.5, 0.6) is 0 Å². The minimum Gasteiger partial charge on any atom is -0.425 e. The zero-order valence-electron chi connectivity index (χ0n) is 19.1. The maximum atomic E-state index is 12.8. The highest BCUT2D eigenvalue weighted by atomic mass is 32.2. The van der Waals surface area contributed by atoms with Crippen molar-refractivity contribution in [1.82, 2.24) is 0 Å². The quantitative estimate of drug-likeness (QED) is 0.651. The third-order valence-corrected chi connectivity index (χ3v) is 9.70. The van der Waals surface area contributed by atoms with Crippen LogP contribution in [-0.4, -0.2) is 36.5 Å². The van der Waals surface area contributed by atoms with Gasteiger partial charge in [0.25, 0.3) is 0 Å². The molecule has 2 aromatic carbocycles. The van der Waals surface area contributed by atoms with Crippen molar-refractivity contribution >= 4 is 20.3 Å². The van der Waals surface area contributed by atoms with E-state index in [0.717, 1.165) is 6.42 Å². The molecule has 3 rings (SSSR count). The molecule has 0 radical (unpaired) electrons. The number of rotatable bonds is 5. The molecule has 1 aliphatic rings. The maximum Gasteiger partial charge on any atom is 0.150 e. The molecule has 0 N–H and O–H groups in total. The summed E-state index contributed by atoms with van der Waals surface area (Å²) in [5.74, 6) is 0.155. The average Bonchev–Trinajstić information content (AvgIpc) is 2.69. The summed E-state index contributed by atoms with van der Waals surface area (Å²) in [6.07, 6.45) is 2.86. The molecule has 0 amide bonds. The van der Waals surface area contributed by atoms with Gasteiger partial charge in [0.15, 0.2) is 9.84 Å². The van der Waals surface area contributed by atoms with Gasteiger partial charge in [0, 0.05) is 17.8 Å². The average molecular weight is 445 g/mol. The fraction of sp³-hybridized carbons (Fsp3) is 0.520. The monoisotopic (exact) mass is 444 g/mol. The van der Waals surface area contributed by atoms with E-state index in [0.29, 0.717) is 16.9 Å². The Hall–Kier alpha value is -1.43. The second kappa shape index (κ2) is 8.60. The highest BCUT2D eigenvalue weighted by Crippen LogP contribution is 2.58. The molecule has 4 atom stereocenters. The Labute approximate surface area is 185 Å². The molecule has 0 bridgehead atoms. The molecule has 0 spiro atoms. The van der Waals surface area contributed by atoms with Crippen LogP contribution in [0.15, 0.2) is 60.7 Å². The largest absolute Gasteiger partial charge is 0.425 e. The topological polar surface area (TPSA) is 43.4 Å². The zero-order chi connectivity index (χ0) is 22.2. The Kier molecular flexibility index (Phi) is 6.66. The van der Waals surface area contributed by atoms with Crippen molar-refractivity contribution in [2.24, 2.45) is 17.3 Å². The molecular weight excluding hydrogens is 408 g/mol. The van der Waals surface area contributed by atoms with Crippen molar-refractivity contribution in [3.05, 3.63) is 71.8 Å². The zero-order valence-corrected chi connectivity index (χ0v) is 21.9. The number of hydrogen-bond donors (Lipinski definition) is 0. The minimum absolute atomic E-state index is 0.00765. The summed E-state index contributed by atoms with van der Waals surface area (Å²) in [5.41, 5.74) is 2.03. The highest BCUT2D eigenvalue weighted by Gasteiger charge is 2.56. The Bertz CT molecular complexity index is 896. The van der Waals surface area contributed by atoms with Crippen LogP contribution in [0.25, 0.3) is 0 Å². The van der Waals surface area contributed by atoms with Gasteiger partial charge in [0.2, 0.25) is 0 Å². The van der Waals surface area contributed by atoms with E-state index >= 15 is 0 Å². The van der Waals surface area contributed by atoms with Crippen LogP contribution in [0.2, 0.25) is 0 Å². The summed E-state index contributed by atoms with van der Waals surface area (Å²) < 4.78 is 31.6. The normalized spacial score (nSPS) is 25.9. The van der Waals surface area contributed by atoms with E-state index in [9.17, 15) is 8.42 Å². The Morgan fingerprint density at radius 1 is 0.900 bits per heavy atom.